The Balaban J connectivity index is 2.18. The average Bonchev–Trinajstić information content (AvgIpc) is 2.75. The molecule has 0 unspecified atom stereocenters. The fourth-order valence-electron chi connectivity index (χ4n) is 1.47. The lowest BCUT2D eigenvalue weighted by molar-refractivity contribution is -0.137. The Labute approximate surface area is 97.9 Å². The number of carbonyl (C=O) groups is 1. The topological polar surface area (TPSA) is 80.9 Å². The van der Waals surface area contributed by atoms with Crippen molar-refractivity contribution in [3.8, 4) is 11.4 Å². The summed E-state index contributed by atoms with van der Waals surface area (Å²) in [7, 11) is 0. The summed E-state index contributed by atoms with van der Waals surface area (Å²) < 4.78 is 0. The predicted molar refractivity (Wildman–Crippen MR) is 60.2 cm³/mol. The average molecular weight is 232 g/mol. The lowest BCUT2D eigenvalue weighted by atomic mass is 10.1. The smallest absolute Gasteiger partial charge is 0.305 e. The van der Waals surface area contributed by atoms with Gasteiger partial charge in [-0.25, -0.2) is 0 Å². The first kappa shape index (κ1) is 11.3. The lowest BCUT2D eigenvalue weighted by Crippen LogP contribution is -2.07. The van der Waals surface area contributed by atoms with Crippen LogP contribution in [-0.2, 0) is 11.3 Å². The van der Waals surface area contributed by atoms with Gasteiger partial charge in [-0.05, 0) is 17.7 Å². The number of rotatable bonds is 4. The van der Waals surface area contributed by atoms with Gasteiger partial charge in [-0.15, -0.1) is 10.2 Å². The third kappa shape index (κ3) is 2.66. The van der Waals surface area contributed by atoms with Gasteiger partial charge in [0.05, 0.1) is 13.0 Å². The first-order valence-electron chi connectivity index (χ1n) is 5.22. The number of aromatic nitrogens is 4. The van der Waals surface area contributed by atoms with Crippen LogP contribution in [-0.4, -0.2) is 31.3 Å². The highest BCUT2D eigenvalue weighted by molar-refractivity contribution is 5.66. The monoisotopic (exact) mass is 232 g/mol. The zero-order chi connectivity index (χ0) is 12.3. The van der Waals surface area contributed by atoms with Crippen LogP contribution in [0.3, 0.4) is 0 Å². The number of hydrogen-bond acceptors (Lipinski definition) is 4. The third-order valence-corrected chi connectivity index (χ3v) is 2.36. The van der Waals surface area contributed by atoms with Crippen molar-refractivity contribution < 1.29 is 9.90 Å². The molecule has 1 aromatic heterocycles. The van der Waals surface area contributed by atoms with Crippen LogP contribution in [0.1, 0.15) is 12.0 Å². The maximum absolute atomic E-state index is 10.4. The normalized spacial score (nSPS) is 10.4. The second kappa shape index (κ2) is 4.73. The maximum atomic E-state index is 10.4. The van der Waals surface area contributed by atoms with Crippen LogP contribution in [0.5, 0.6) is 0 Å². The van der Waals surface area contributed by atoms with E-state index in [1.807, 2.05) is 31.2 Å². The Morgan fingerprint density at radius 2 is 2.18 bits per heavy atom. The summed E-state index contributed by atoms with van der Waals surface area (Å²) in [5, 5.41) is 20.4. The summed E-state index contributed by atoms with van der Waals surface area (Å²) in [6.45, 7) is 2.20. The van der Waals surface area contributed by atoms with Gasteiger partial charge in [0.25, 0.3) is 0 Å². The summed E-state index contributed by atoms with van der Waals surface area (Å²) >= 11 is 0. The molecule has 17 heavy (non-hydrogen) atoms. The predicted octanol–water partition coefficient (Wildman–Crippen LogP) is 1.12. The summed E-state index contributed by atoms with van der Waals surface area (Å²) in [5.74, 6) is -0.353. The van der Waals surface area contributed by atoms with Crippen LogP contribution in [0.4, 0.5) is 0 Å². The van der Waals surface area contributed by atoms with Crippen LogP contribution in [0.25, 0.3) is 11.4 Å². The molecule has 0 bridgehead atoms. The van der Waals surface area contributed by atoms with Gasteiger partial charge in [-0.1, -0.05) is 24.3 Å². The van der Waals surface area contributed by atoms with Crippen molar-refractivity contribution in [2.24, 2.45) is 0 Å². The highest BCUT2D eigenvalue weighted by Gasteiger charge is 2.08. The van der Waals surface area contributed by atoms with E-state index in [1.165, 1.54) is 4.80 Å². The molecule has 0 aliphatic heterocycles. The molecule has 0 saturated carbocycles. The number of aliphatic carboxylic acids is 1. The van der Waals surface area contributed by atoms with Crippen molar-refractivity contribution in [1.29, 1.82) is 0 Å². The quantitative estimate of drug-likeness (QED) is 0.854. The minimum atomic E-state index is -0.875. The van der Waals surface area contributed by atoms with E-state index >= 15 is 0 Å². The minimum absolute atomic E-state index is 0.0103. The number of aryl methyl sites for hydroxylation is 2. The largest absolute Gasteiger partial charge is 0.481 e. The summed E-state index contributed by atoms with van der Waals surface area (Å²) in [5.41, 5.74) is 1.97. The summed E-state index contributed by atoms with van der Waals surface area (Å²) in [4.78, 5) is 11.7. The second-order valence-electron chi connectivity index (χ2n) is 3.67. The van der Waals surface area contributed by atoms with E-state index < -0.39 is 5.97 Å². The molecule has 2 aromatic rings. The third-order valence-electron chi connectivity index (χ3n) is 2.36. The molecular formula is C11H12N4O2. The fraction of sp³-hybridized carbons (Fsp3) is 0.273. The van der Waals surface area contributed by atoms with Gasteiger partial charge in [0, 0.05) is 5.56 Å². The molecule has 1 heterocycles. The molecule has 6 heteroatoms. The zero-order valence-electron chi connectivity index (χ0n) is 9.37. The minimum Gasteiger partial charge on any atom is -0.481 e. The molecule has 0 amide bonds. The molecular weight excluding hydrogens is 220 g/mol. The van der Waals surface area contributed by atoms with E-state index in [-0.39, 0.29) is 13.0 Å². The van der Waals surface area contributed by atoms with Crippen LogP contribution in [0.2, 0.25) is 0 Å². The van der Waals surface area contributed by atoms with Crippen LogP contribution in [0.15, 0.2) is 24.3 Å². The van der Waals surface area contributed by atoms with Crippen molar-refractivity contribution in [2.75, 3.05) is 0 Å². The van der Waals surface area contributed by atoms with Gasteiger partial charge in [0.2, 0.25) is 5.82 Å². The molecule has 0 spiro atoms. The van der Waals surface area contributed by atoms with Crippen LogP contribution < -0.4 is 0 Å². The van der Waals surface area contributed by atoms with Crippen molar-refractivity contribution in [1.82, 2.24) is 20.2 Å². The Morgan fingerprint density at radius 3 is 2.88 bits per heavy atom. The molecule has 0 aliphatic rings. The van der Waals surface area contributed by atoms with E-state index in [0.717, 1.165) is 11.1 Å². The number of carboxylic acid groups (broad SMARTS) is 1. The zero-order valence-corrected chi connectivity index (χ0v) is 9.37. The van der Waals surface area contributed by atoms with Crippen molar-refractivity contribution in [3.63, 3.8) is 0 Å². The van der Waals surface area contributed by atoms with Crippen molar-refractivity contribution in [3.05, 3.63) is 29.8 Å². The van der Waals surface area contributed by atoms with Gasteiger partial charge < -0.3 is 5.11 Å². The van der Waals surface area contributed by atoms with Gasteiger partial charge in [-0.2, -0.15) is 4.80 Å². The van der Waals surface area contributed by atoms with E-state index in [4.69, 9.17) is 5.11 Å². The number of carboxylic acids is 1. The summed E-state index contributed by atoms with van der Waals surface area (Å²) in [6, 6.07) is 7.72. The van der Waals surface area contributed by atoms with Crippen molar-refractivity contribution >= 4 is 5.97 Å². The Morgan fingerprint density at radius 1 is 1.41 bits per heavy atom. The van der Waals surface area contributed by atoms with Gasteiger partial charge in [-0.3, -0.25) is 4.79 Å². The molecule has 0 aliphatic carbocycles. The van der Waals surface area contributed by atoms with Gasteiger partial charge in [0.15, 0.2) is 0 Å². The van der Waals surface area contributed by atoms with E-state index in [1.54, 1.807) is 0 Å². The number of hydrogen-bond donors (Lipinski definition) is 1. The van der Waals surface area contributed by atoms with E-state index in [9.17, 15) is 4.79 Å². The Kier molecular flexibility index (Phi) is 3.13. The van der Waals surface area contributed by atoms with Gasteiger partial charge >= 0.3 is 5.97 Å². The number of benzene rings is 1. The van der Waals surface area contributed by atoms with Crippen molar-refractivity contribution in [2.45, 2.75) is 19.9 Å². The number of tetrazole rings is 1. The molecule has 88 valence electrons. The first-order valence-corrected chi connectivity index (χ1v) is 5.22. The fourth-order valence-corrected chi connectivity index (χ4v) is 1.47. The van der Waals surface area contributed by atoms with E-state index in [0.29, 0.717) is 5.82 Å². The standard InChI is InChI=1S/C11H12N4O2/c1-8-4-2-3-5-9(8)11-12-14-15(13-11)7-6-10(16)17/h2-5H,6-7H2,1H3,(H,16,17). The second-order valence-corrected chi connectivity index (χ2v) is 3.67. The SMILES string of the molecule is Cc1ccccc1-c1nnn(CCC(=O)O)n1. The summed E-state index contributed by atoms with van der Waals surface area (Å²) in [6.07, 6.45) is -0.0103. The molecule has 0 radical (unpaired) electrons. The molecule has 1 aromatic carbocycles. The first-order chi connectivity index (χ1) is 8.16. The Hall–Kier alpha value is -2.24. The van der Waals surface area contributed by atoms with Crippen LogP contribution in [0, 0.1) is 6.92 Å². The highest BCUT2D eigenvalue weighted by Crippen LogP contribution is 2.17. The number of nitrogens with zero attached hydrogens (tertiary/aromatic N) is 4. The molecule has 1 N–H and O–H groups in total. The van der Waals surface area contributed by atoms with Crippen LogP contribution >= 0.6 is 0 Å². The highest BCUT2D eigenvalue weighted by atomic mass is 16.4. The molecule has 6 nitrogen and oxygen atoms in total. The maximum Gasteiger partial charge on any atom is 0.305 e. The molecule has 0 atom stereocenters. The molecule has 0 fully saturated rings. The lowest BCUT2D eigenvalue weighted by Gasteiger charge is -1.98. The molecule has 2 rings (SSSR count). The molecule has 0 saturated heterocycles. The Bertz CT molecular complexity index is 536. The van der Waals surface area contributed by atoms with Gasteiger partial charge in [0.1, 0.15) is 0 Å². The van der Waals surface area contributed by atoms with E-state index in [2.05, 4.69) is 15.4 Å².